The quantitative estimate of drug-likeness (QED) is 0.807. The molecule has 0 unspecified atom stereocenters. The number of nitrogens with two attached hydrogens (primary N) is 1. The molecular weight excluding hydrogens is 248 g/mol. The summed E-state index contributed by atoms with van der Waals surface area (Å²) in [4.78, 5) is 8.32. The fraction of sp³-hybridized carbons (Fsp3) is 0.364. The number of aromatic nitrogens is 4. The molecule has 0 saturated heterocycles. The van der Waals surface area contributed by atoms with E-state index >= 15 is 0 Å². The Morgan fingerprint density at radius 3 is 2.37 bits per heavy atom. The van der Waals surface area contributed by atoms with Crippen molar-refractivity contribution in [1.82, 2.24) is 19.7 Å². The van der Waals surface area contributed by atoms with Crippen molar-refractivity contribution in [3.63, 3.8) is 0 Å². The first kappa shape index (κ1) is 12.9. The van der Waals surface area contributed by atoms with Gasteiger partial charge in [0, 0.05) is 19.2 Å². The third-order valence-corrected chi connectivity index (χ3v) is 2.60. The van der Waals surface area contributed by atoms with Gasteiger partial charge in [0.15, 0.2) is 0 Å². The predicted molar refractivity (Wildman–Crippen MR) is 70.1 cm³/mol. The van der Waals surface area contributed by atoms with Gasteiger partial charge in [0.2, 0.25) is 17.7 Å². The van der Waals surface area contributed by atoms with E-state index in [2.05, 4.69) is 20.4 Å². The average molecular weight is 264 g/mol. The fourth-order valence-corrected chi connectivity index (χ4v) is 1.50. The van der Waals surface area contributed by atoms with E-state index in [9.17, 15) is 0 Å². The van der Waals surface area contributed by atoms with Crippen LogP contribution >= 0.6 is 0 Å². The minimum Gasteiger partial charge on any atom is -0.481 e. The standard InChI is InChI=1S/C11H16N6O2/c1-17-10(12)7(6-14-17)5-13-11-15-8(18-2)4-9(16-11)19-3/h4,6H,5,12H2,1-3H3,(H,13,15,16). The molecule has 0 saturated carbocycles. The van der Waals surface area contributed by atoms with E-state index < -0.39 is 0 Å². The highest BCUT2D eigenvalue weighted by Gasteiger charge is 2.08. The fourth-order valence-electron chi connectivity index (χ4n) is 1.50. The van der Waals surface area contributed by atoms with E-state index in [1.807, 2.05) is 0 Å². The molecule has 8 nitrogen and oxygen atoms in total. The van der Waals surface area contributed by atoms with Gasteiger partial charge in [-0.2, -0.15) is 15.1 Å². The largest absolute Gasteiger partial charge is 0.481 e. The molecule has 0 bridgehead atoms. The molecule has 0 atom stereocenters. The molecule has 2 heterocycles. The van der Waals surface area contributed by atoms with Crippen LogP contribution in [0.3, 0.4) is 0 Å². The Hall–Kier alpha value is -2.51. The van der Waals surface area contributed by atoms with E-state index in [1.54, 1.807) is 24.0 Å². The highest BCUT2D eigenvalue weighted by molar-refractivity contribution is 5.42. The molecule has 3 N–H and O–H groups in total. The number of methoxy groups -OCH3 is 2. The summed E-state index contributed by atoms with van der Waals surface area (Å²) < 4.78 is 11.7. The summed E-state index contributed by atoms with van der Waals surface area (Å²) >= 11 is 0. The molecule has 0 aliphatic heterocycles. The third kappa shape index (κ3) is 2.84. The number of nitrogens with one attached hydrogen (secondary N) is 1. The number of hydrogen-bond donors (Lipinski definition) is 2. The van der Waals surface area contributed by atoms with E-state index in [0.29, 0.717) is 30.1 Å². The molecular formula is C11H16N6O2. The number of nitrogens with zero attached hydrogens (tertiary/aromatic N) is 4. The van der Waals surface area contributed by atoms with Crippen LogP contribution in [0.1, 0.15) is 5.56 Å². The first-order valence-corrected chi connectivity index (χ1v) is 5.61. The maximum absolute atomic E-state index is 5.85. The number of ether oxygens (including phenoxy) is 2. The Balaban J connectivity index is 2.12. The summed E-state index contributed by atoms with van der Waals surface area (Å²) in [7, 11) is 4.85. The van der Waals surface area contributed by atoms with E-state index in [1.165, 1.54) is 14.2 Å². The van der Waals surface area contributed by atoms with Gasteiger partial charge < -0.3 is 20.5 Å². The van der Waals surface area contributed by atoms with E-state index in [-0.39, 0.29) is 0 Å². The Morgan fingerprint density at radius 2 is 1.89 bits per heavy atom. The Labute approximate surface area is 110 Å². The molecule has 0 aliphatic rings. The summed E-state index contributed by atoms with van der Waals surface area (Å²) in [6.07, 6.45) is 1.69. The monoisotopic (exact) mass is 264 g/mol. The van der Waals surface area contributed by atoms with E-state index in [0.717, 1.165) is 5.56 Å². The van der Waals surface area contributed by atoms with Gasteiger partial charge in [-0.3, -0.25) is 4.68 Å². The zero-order chi connectivity index (χ0) is 13.8. The lowest BCUT2D eigenvalue weighted by Crippen LogP contribution is -2.07. The second-order valence-corrected chi connectivity index (χ2v) is 3.81. The third-order valence-electron chi connectivity index (χ3n) is 2.60. The minimum absolute atomic E-state index is 0.402. The molecule has 0 aromatic carbocycles. The zero-order valence-corrected chi connectivity index (χ0v) is 11.0. The van der Waals surface area contributed by atoms with Crippen molar-refractivity contribution < 1.29 is 9.47 Å². The van der Waals surface area contributed by atoms with Crippen LogP contribution in [0, 0.1) is 0 Å². The van der Waals surface area contributed by atoms with Crippen LogP contribution < -0.4 is 20.5 Å². The first-order valence-electron chi connectivity index (χ1n) is 5.61. The molecule has 2 aromatic heterocycles. The van der Waals surface area contributed by atoms with Crippen LogP contribution in [0.5, 0.6) is 11.8 Å². The molecule has 102 valence electrons. The van der Waals surface area contributed by atoms with E-state index in [4.69, 9.17) is 15.2 Å². The Bertz CT molecular complexity index is 546. The predicted octanol–water partition coefficient (Wildman–Crippen LogP) is 0.422. The summed E-state index contributed by atoms with van der Waals surface area (Å²) in [6.45, 7) is 0.468. The first-order chi connectivity index (χ1) is 9.13. The summed E-state index contributed by atoms with van der Waals surface area (Å²) in [6, 6.07) is 1.60. The maximum atomic E-state index is 5.85. The second kappa shape index (κ2) is 5.42. The van der Waals surface area contributed by atoms with Gasteiger partial charge in [-0.1, -0.05) is 0 Å². The molecule has 0 fully saturated rings. The molecule has 0 aliphatic carbocycles. The van der Waals surface area contributed by atoms with Crippen LogP contribution in [-0.2, 0) is 13.6 Å². The zero-order valence-electron chi connectivity index (χ0n) is 11.0. The van der Waals surface area contributed by atoms with Gasteiger partial charge in [0.05, 0.1) is 26.5 Å². The summed E-state index contributed by atoms with van der Waals surface area (Å²) in [5, 5.41) is 7.11. The topological polar surface area (TPSA) is 100 Å². The number of anilines is 2. The van der Waals surface area contributed by atoms with Gasteiger partial charge in [-0.15, -0.1) is 0 Å². The highest BCUT2D eigenvalue weighted by Crippen LogP contribution is 2.18. The number of hydrogen-bond acceptors (Lipinski definition) is 7. The normalized spacial score (nSPS) is 10.3. The van der Waals surface area contributed by atoms with Crippen molar-refractivity contribution in [3.05, 3.63) is 17.8 Å². The number of aryl methyl sites for hydroxylation is 1. The Kier molecular flexibility index (Phi) is 3.69. The smallest absolute Gasteiger partial charge is 0.229 e. The summed E-state index contributed by atoms with van der Waals surface area (Å²) in [5.41, 5.74) is 6.72. The van der Waals surface area contributed by atoms with Crippen molar-refractivity contribution >= 4 is 11.8 Å². The maximum Gasteiger partial charge on any atom is 0.229 e. The highest BCUT2D eigenvalue weighted by atomic mass is 16.5. The molecule has 19 heavy (non-hydrogen) atoms. The lowest BCUT2D eigenvalue weighted by Gasteiger charge is -2.08. The SMILES string of the molecule is COc1cc(OC)nc(NCc2cnn(C)c2N)n1. The van der Waals surface area contributed by atoms with Crippen LogP contribution in [0.25, 0.3) is 0 Å². The van der Waals surface area contributed by atoms with Gasteiger partial charge in [-0.25, -0.2) is 0 Å². The van der Waals surface area contributed by atoms with Crippen LogP contribution in [0.4, 0.5) is 11.8 Å². The lowest BCUT2D eigenvalue weighted by molar-refractivity contribution is 0.373. The second-order valence-electron chi connectivity index (χ2n) is 3.81. The molecule has 0 spiro atoms. The molecule has 8 heteroatoms. The van der Waals surface area contributed by atoms with Crippen molar-refractivity contribution in [1.29, 1.82) is 0 Å². The van der Waals surface area contributed by atoms with Gasteiger partial charge in [0.1, 0.15) is 5.82 Å². The minimum atomic E-state index is 0.402. The molecule has 2 aromatic rings. The average Bonchev–Trinajstić information content (AvgIpc) is 2.76. The van der Waals surface area contributed by atoms with Crippen molar-refractivity contribution in [3.8, 4) is 11.8 Å². The number of nitrogen functional groups attached to an aromatic ring is 1. The molecule has 2 rings (SSSR count). The van der Waals surface area contributed by atoms with Gasteiger partial charge in [-0.05, 0) is 0 Å². The van der Waals surface area contributed by atoms with Crippen LogP contribution in [0.2, 0.25) is 0 Å². The van der Waals surface area contributed by atoms with Gasteiger partial charge >= 0.3 is 0 Å². The van der Waals surface area contributed by atoms with Gasteiger partial charge in [0.25, 0.3) is 0 Å². The van der Waals surface area contributed by atoms with Crippen LogP contribution in [0.15, 0.2) is 12.3 Å². The van der Waals surface area contributed by atoms with Crippen molar-refractivity contribution in [2.24, 2.45) is 7.05 Å². The lowest BCUT2D eigenvalue weighted by atomic mass is 10.3. The van der Waals surface area contributed by atoms with Crippen molar-refractivity contribution in [2.75, 3.05) is 25.3 Å². The number of rotatable bonds is 5. The summed E-state index contributed by atoms with van der Waals surface area (Å²) in [5.74, 6) is 1.85. The Morgan fingerprint density at radius 1 is 1.26 bits per heavy atom. The molecule has 0 amide bonds. The van der Waals surface area contributed by atoms with Crippen LogP contribution in [-0.4, -0.2) is 34.0 Å². The van der Waals surface area contributed by atoms with Crippen molar-refractivity contribution in [2.45, 2.75) is 6.54 Å². The molecule has 0 radical (unpaired) electrons.